The number of hydrogen-bond acceptors (Lipinski definition) is 4. The second kappa shape index (κ2) is 6.40. The van der Waals surface area contributed by atoms with Gasteiger partial charge in [-0.15, -0.1) is 11.8 Å². The van der Waals surface area contributed by atoms with Gasteiger partial charge in [-0.2, -0.15) is 0 Å². The lowest BCUT2D eigenvalue weighted by Crippen LogP contribution is -2.37. The molecular formula is C13H14N2O3S. The molecule has 1 aromatic carbocycles. The predicted molar refractivity (Wildman–Crippen MR) is 76.0 cm³/mol. The molecule has 5 nitrogen and oxygen atoms in total. The monoisotopic (exact) mass is 278 g/mol. The zero-order chi connectivity index (χ0) is 13.7. The Labute approximate surface area is 115 Å². The van der Waals surface area contributed by atoms with Gasteiger partial charge in [-0.05, 0) is 23.8 Å². The number of aliphatic carboxylic acids is 1. The Morgan fingerprint density at radius 2 is 2.32 bits per heavy atom. The molecule has 1 aliphatic rings. The number of anilines is 1. The molecule has 1 unspecified atom stereocenters. The molecule has 0 saturated carbocycles. The fraction of sp³-hybridized carbons (Fsp3) is 0.231. The van der Waals surface area contributed by atoms with Gasteiger partial charge in [0, 0.05) is 23.4 Å². The summed E-state index contributed by atoms with van der Waals surface area (Å²) in [6.45, 7) is 0. The summed E-state index contributed by atoms with van der Waals surface area (Å²) in [5.74, 6) is 0.496. The summed E-state index contributed by atoms with van der Waals surface area (Å²) in [5, 5.41) is 14.5. The largest absolute Gasteiger partial charge is 0.478 e. The second-order valence-electron chi connectivity index (χ2n) is 4.06. The molecule has 100 valence electrons. The first-order valence-corrected chi connectivity index (χ1v) is 6.94. The summed E-state index contributed by atoms with van der Waals surface area (Å²) in [4.78, 5) is 22.3. The van der Waals surface area contributed by atoms with Crippen LogP contribution in [0.25, 0.3) is 6.08 Å². The molecule has 1 amide bonds. The van der Waals surface area contributed by atoms with E-state index >= 15 is 0 Å². The minimum atomic E-state index is -0.999. The fourth-order valence-corrected chi connectivity index (χ4v) is 2.62. The molecule has 6 heteroatoms. The highest BCUT2D eigenvalue weighted by atomic mass is 32.2. The van der Waals surface area contributed by atoms with Crippen molar-refractivity contribution in [2.75, 3.05) is 16.9 Å². The zero-order valence-corrected chi connectivity index (χ0v) is 10.9. The molecule has 1 fully saturated rings. The highest BCUT2D eigenvalue weighted by molar-refractivity contribution is 7.99. The SMILES string of the molecule is O=C(O)/C=C/c1cccc(NC(=O)C2CSCN2)c1. The van der Waals surface area contributed by atoms with Gasteiger partial charge in [0.25, 0.3) is 0 Å². The number of carboxylic acid groups (broad SMARTS) is 1. The summed E-state index contributed by atoms with van der Waals surface area (Å²) in [6, 6.07) is 6.90. The van der Waals surface area contributed by atoms with E-state index in [-0.39, 0.29) is 11.9 Å². The van der Waals surface area contributed by atoms with Crippen LogP contribution in [0.5, 0.6) is 0 Å². The quantitative estimate of drug-likeness (QED) is 0.725. The molecule has 1 aliphatic heterocycles. The smallest absolute Gasteiger partial charge is 0.328 e. The molecule has 3 N–H and O–H groups in total. The van der Waals surface area contributed by atoms with E-state index in [2.05, 4.69) is 10.6 Å². The van der Waals surface area contributed by atoms with Crippen LogP contribution in [0.2, 0.25) is 0 Å². The van der Waals surface area contributed by atoms with Crippen LogP contribution in [-0.2, 0) is 9.59 Å². The predicted octanol–water partition coefficient (Wildman–Crippen LogP) is 1.39. The normalized spacial score (nSPS) is 18.6. The number of carboxylic acids is 1. The first kappa shape index (κ1) is 13.6. The van der Waals surface area contributed by atoms with Gasteiger partial charge in [0.1, 0.15) is 0 Å². The summed E-state index contributed by atoms with van der Waals surface area (Å²) in [6.07, 6.45) is 2.55. The van der Waals surface area contributed by atoms with Crippen molar-refractivity contribution >= 4 is 35.4 Å². The molecule has 1 atom stereocenters. The maximum atomic E-state index is 11.9. The van der Waals surface area contributed by atoms with Crippen LogP contribution in [0.4, 0.5) is 5.69 Å². The van der Waals surface area contributed by atoms with Gasteiger partial charge < -0.3 is 10.4 Å². The first-order valence-electron chi connectivity index (χ1n) is 5.78. The Morgan fingerprint density at radius 1 is 1.47 bits per heavy atom. The Bertz CT molecular complexity index is 510. The molecule has 1 saturated heterocycles. The van der Waals surface area contributed by atoms with Crippen LogP contribution < -0.4 is 10.6 Å². The van der Waals surface area contributed by atoms with Crippen molar-refractivity contribution in [3.8, 4) is 0 Å². The van der Waals surface area contributed by atoms with Crippen LogP contribution in [0.1, 0.15) is 5.56 Å². The third kappa shape index (κ3) is 4.11. The van der Waals surface area contributed by atoms with Gasteiger partial charge in [-0.25, -0.2) is 4.79 Å². The molecule has 1 heterocycles. The van der Waals surface area contributed by atoms with Gasteiger partial charge in [0.05, 0.1) is 6.04 Å². The third-order valence-corrected chi connectivity index (χ3v) is 3.55. The van der Waals surface area contributed by atoms with Gasteiger partial charge in [0.2, 0.25) is 5.91 Å². The third-order valence-electron chi connectivity index (χ3n) is 2.61. The summed E-state index contributed by atoms with van der Waals surface area (Å²) in [5.41, 5.74) is 1.39. The highest BCUT2D eigenvalue weighted by Crippen LogP contribution is 2.15. The zero-order valence-electron chi connectivity index (χ0n) is 10.1. The van der Waals surface area contributed by atoms with Crippen molar-refractivity contribution in [2.45, 2.75) is 6.04 Å². The van der Waals surface area contributed by atoms with E-state index in [4.69, 9.17) is 5.11 Å². The van der Waals surface area contributed by atoms with Crippen molar-refractivity contribution in [3.05, 3.63) is 35.9 Å². The first-order chi connectivity index (χ1) is 9.15. The van der Waals surface area contributed by atoms with E-state index in [0.29, 0.717) is 5.69 Å². The number of hydrogen-bond donors (Lipinski definition) is 3. The summed E-state index contributed by atoms with van der Waals surface area (Å²) >= 11 is 1.69. The lowest BCUT2D eigenvalue weighted by Gasteiger charge is -2.10. The number of amides is 1. The topological polar surface area (TPSA) is 78.4 Å². The lowest BCUT2D eigenvalue weighted by atomic mass is 10.2. The van der Waals surface area contributed by atoms with Gasteiger partial charge in [-0.1, -0.05) is 12.1 Å². The van der Waals surface area contributed by atoms with Gasteiger partial charge >= 0.3 is 5.97 Å². The summed E-state index contributed by atoms with van der Waals surface area (Å²) in [7, 11) is 0. The van der Waals surface area contributed by atoms with E-state index < -0.39 is 5.97 Å². The van der Waals surface area contributed by atoms with Crippen molar-refractivity contribution in [1.82, 2.24) is 5.32 Å². The van der Waals surface area contributed by atoms with Crippen molar-refractivity contribution in [3.63, 3.8) is 0 Å². The Balaban J connectivity index is 2.02. The molecule has 0 bridgehead atoms. The molecule has 0 aliphatic carbocycles. The molecule has 1 aromatic rings. The summed E-state index contributed by atoms with van der Waals surface area (Å²) < 4.78 is 0. The second-order valence-corrected chi connectivity index (χ2v) is 5.09. The average molecular weight is 278 g/mol. The van der Waals surface area contributed by atoms with Gasteiger partial charge in [0.15, 0.2) is 0 Å². The van der Waals surface area contributed by atoms with Crippen LogP contribution >= 0.6 is 11.8 Å². The maximum Gasteiger partial charge on any atom is 0.328 e. The van der Waals surface area contributed by atoms with Gasteiger partial charge in [-0.3, -0.25) is 10.1 Å². The maximum absolute atomic E-state index is 11.9. The van der Waals surface area contributed by atoms with Crippen LogP contribution in [-0.4, -0.2) is 34.7 Å². The van der Waals surface area contributed by atoms with Crippen molar-refractivity contribution < 1.29 is 14.7 Å². The lowest BCUT2D eigenvalue weighted by molar-refractivity contribution is -0.131. The van der Waals surface area contributed by atoms with Crippen LogP contribution in [0.3, 0.4) is 0 Å². The molecule has 0 spiro atoms. The van der Waals surface area contributed by atoms with E-state index in [1.165, 1.54) is 6.08 Å². The van der Waals surface area contributed by atoms with E-state index in [0.717, 1.165) is 23.3 Å². The van der Waals surface area contributed by atoms with E-state index in [1.807, 2.05) is 0 Å². The molecule has 0 radical (unpaired) electrons. The van der Waals surface area contributed by atoms with E-state index in [1.54, 1.807) is 36.0 Å². The highest BCUT2D eigenvalue weighted by Gasteiger charge is 2.22. The minimum Gasteiger partial charge on any atom is -0.478 e. The number of thioether (sulfide) groups is 1. The molecule has 19 heavy (non-hydrogen) atoms. The Hall–Kier alpha value is -1.79. The number of benzene rings is 1. The van der Waals surface area contributed by atoms with Crippen molar-refractivity contribution in [2.24, 2.45) is 0 Å². The number of rotatable bonds is 4. The molecule has 0 aromatic heterocycles. The van der Waals surface area contributed by atoms with Crippen molar-refractivity contribution in [1.29, 1.82) is 0 Å². The Kier molecular flexibility index (Phi) is 4.59. The molecule has 2 rings (SSSR count). The van der Waals surface area contributed by atoms with E-state index in [9.17, 15) is 9.59 Å². The standard InChI is InChI=1S/C13H14N2O3S/c16-12(17)5-4-9-2-1-3-10(6-9)15-13(18)11-7-19-8-14-11/h1-6,11,14H,7-8H2,(H,15,18)(H,16,17)/b5-4+. The number of carbonyl (C=O) groups is 2. The average Bonchev–Trinajstić information content (AvgIpc) is 2.91. The Morgan fingerprint density at radius 3 is 3.00 bits per heavy atom. The molecular weight excluding hydrogens is 264 g/mol. The number of nitrogens with one attached hydrogen (secondary N) is 2. The minimum absolute atomic E-state index is 0.0654. The van der Waals surface area contributed by atoms with Crippen LogP contribution in [0.15, 0.2) is 30.3 Å². The fourth-order valence-electron chi connectivity index (χ4n) is 1.68. The van der Waals surface area contributed by atoms with Crippen LogP contribution in [0, 0.1) is 0 Å². The number of carbonyl (C=O) groups excluding carboxylic acids is 1.